The Morgan fingerprint density at radius 1 is 1.38 bits per heavy atom. The van der Waals surface area contributed by atoms with Crippen molar-refractivity contribution in [1.82, 2.24) is 14.8 Å². The van der Waals surface area contributed by atoms with Gasteiger partial charge in [0.1, 0.15) is 12.4 Å². The normalized spacial score (nSPS) is 10.7. The Labute approximate surface area is 180 Å². The van der Waals surface area contributed by atoms with Crippen LogP contribution in [0.1, 0.15) is 6.42 Å². The fourth-order valence-corrected chi connectivity index (χ4v) is 3.66. The minimum absolute atomic E-state index is 0.106. The van der Waals surface area contributed by atoms with E-state index >= 15 is 0 Å². The van der Waals surface area contributed by atoms with Crippen molar-refractivity contribution < 1.29 is 9.72 Å². The van der Waals surface area contributed by atoms with E-state index < -0.39 is 4.92 Å². The quantitative estimate of drug-likeness (QED) is 0.277. The van der Waals surface area contributed by atoms with Crippen molar-refractivity contribution in [2.45, 2.75) is 13.0 Å². The van der Waals surface area contributed by atoms with Crippen LogP contribution in [0.2, 0.25) is 10.0 Å². The van der Waals surface area contributed by atoms with Gasteiger partial charge in [0.15, 0.2) is 5.13 Å². The van der Waals surface area contributed by atoms with Gasteiger partial charge in [-0.25, -0.2) is 4.98 Å². The first-order chi connectivity index (χ1) is 13.9. The van der Waals surface area contributed by atoms with Crippen LogP contribution in [0, 0.1) is 10.1 Å². The third-order valence-electron chi connectivity index (χ3n) is 3.94. The lowest BCUT2D eigenvalue weighted by Crippen LogP contribution is -2.31. The van der Waals surface area contributed by atoms with E-state index in [1.807, 2.05) is 5.38 Å². The van der Waals surface area contributed by atoms with Crippen LogP contribution in [0.4, 0.5) is 10.8 Å². The number of carbonyl (C=O) groups excluding carboxylic acids is 1. The van der Waals surface area contributed by atoms with E-state index in [2.05, 4.69) is 16.7 Å². The molecule has 3 aromatic rings. The summed E-state index contributed by atoms with van der Waals surface area (Å²) in [6.07, 6.45) is 4.15. The molecule has 0 saturated heterocycles. The Morgan fingerprint density at radius 2 is 2.17 bits per heavy atom. The lowest BCUT2D eigenvalue weighted by molar-refractivity contribution is -0.385. The number of nitrogens with zero attached hydrogens (tertiary/aromatic N) is 5. The molecule has 8 nitrogen and oxygen atoms in total. The van der Waals surface area contributed by atoms with Crippen LogP contribution in [0.15, 0.2) is 48.6 Å². The van der Waals surface area contributed by atoms with Gasteiger partial charge in [-0.2, -0.15) is 5.10 Å². The van der Waals surface area contributed by atoms with Gasteiger partial charge >= 0.3 is 5.69 Å². The molecule has 0 aliphatic heterocycles. The molecule has 0 aliphatic rings. The SMILES string of the molecule is C=CCN(C(=O)CCn1cc([N+](=O)[O-])cn1)c1nc(-c2ccc(Cl)c(Cl)c2)cs1. The summed E-state index contributed by atoms with van der Waals surface area (Å²) in [6, 6.07) is 5.21. The first kappa shape index (κ1) is 21.0. The molecule has 3 rings (SSSR count). The Hall–Kier alpha value is -2.75. The minimum atomic E-state index is -0.532. The van der Waals surface area contributed by atoms with Crippen LogP contribution in [-0.2, 0) is 11.3 Å². The number of anilines is 1. The molecule has 0 N–H and O–H groups in total. The summed E-state index contributed by atoms with van der Waals surface area (Å²) in [5, 5.41) is 17.8. The van der Waals surface area contributed by atoms with Crippen LogP contribution in [0.3, 0.4) is 0 Å². The van der Waals surface area contributed by atoms with Crippen LogP contribution in [0.25, 0.3) is 11.3 Å². The molecule has 0 unspecified atom stereocenters. The highest BCUT2D eigenvalue weighted by Gasteiger charge is 2.19. The molecule has 0 bridgehead atoms. The first-order valence-electron chi connectivity index (χ1n) is 8.38. The Morgan fingerprint density at radius 3 is 2.83 bits per heavy atom. The number of aryl methyl sites for hydroxylation is 1. The van der Waals surface area contributed by atoms with E-state index in [4.69, 9.17) is 23.2 Å². The number of halogens is 2. The summed E-state index contributed by atoms with van der Waals surface area (Å²) in [5.41, 5.74) is 1.34. The van der Waals surface area contributed by atoms with Gasteiger partial charge in [-0.15, -0.1) is 17.9 Å². The Kier molecular flexibility index (Phi) is 6.63. The zero-order valence-corrected chi connectivity index (χ0v) is 17.3. The first-order valence-corrected chi connectivity index (χ1v) is 10.0. The zero-order chi connectivity index (χ0) is 21.0. The second-order valence-corrected chi connectivity index (χ2v) is 7.56. The second kappa shape index (κ2) is 9.17. The van der Waals surface area contributed by atoms with Gasteiger partial charge in [-0.3, -0.25) is 24.5 Å². The van der Waals surface area contributed by atoms with Crippen molar-refractivity contribution in [3.8, 4) is 11.3 Å². The Bertz CT molecular complexity index is 1070. The lowest BCUT2D eigenvalue weighted by Gasteiger charge is -2.18. The van der Waals surface area contributed by atoms with Crippen molar-refractivity contribution in [3.63, 3.8) is 0 Å². The number of aromatic nitrogens is 3. The molecule has 0 saturated carbocycles. The van der Waals surface area contributed by atoms with Gasteiger partial charge in [0, 0.05) is 30.5 Å². The van der Waals surface area contributed by atoms with Gasteiger partial charge < -0.3 is 0 Å². The number of nitro groups is 1. The van der Waals surface area contributed by atoms with Crippen LogP contribution >= 0.6 is 34.5 Å². The smallest absolute Gasteiger partial charge is 0.284 e. The number of carbonyl (C=O) groups is 1. The van der Waals surface area contributed by atoms with E-state index in [1.165, 1.54) is 27.1 Å². The predicted octanol–water partition coefficient (Wildman–Crippen LogP) is 4.83. The van der Waals surface area contributed by atoms with Gasteiger partial charge in [0.05, 0.1) is 20.7 Å². The van der Waals surface area contributed by atoms with Crippen molar-refractivity contribution in [2.75, 3.05) is 11.4 Å². The number of hydrogen-bond donors (Lipinski definition) is 0. The molecule has 2 heterocycles. The topological polar surface area (TPSA) is 94.2 Å². The maximum Gasteiger partial charge on any atom is 0.306 e. The molecule has 0 aliphatic carbocycles. The molecule has 1 aromatic carbocycles. The highest BCUT2D eigenvalue weighted by atomic mass is 35.5. The van der Waals surface area contributed by atoms with E-state index in [0.717, 1.165) is 11.8 Å². The van der Waals surface area contributed by atoms with E-state index in [-0.39, 0.29) is 31.1 Å². The summed E-state index contributed by atoms with van der Waals surface area (Å²) in [7, 11) is 0. The van der Waals surface area contributed by atoms with Crippen molar-refractivity contribution >= 4 is 51.3 Å². The average Bonchev–Trinajstić information content (AvgIpc) is 3.36. The fourth-order valence-electron chi connectivity index (χ4n) is 2.51. The second-order valence-electron chi connectivity index (χ2n) is 5.91. The number of hydrogen-bond acceptors (Lipinski definition) is 6. The Balaban J connectivity index is 1.73. The fraction of sp³-hybridized carbons (Fsp3) is 0.167. The molecule has 0 spiro atoms. The third-order valence-corrected chi connectivity index (χ3v) is 5.54. The molecule has 0 fully saturated rings. The van der Waals surface area contributed by atoms with E-state index in [0.29, 0.717) is 20.9 Å². The summed E-state index contributed by atoms with van der Waals surface area (Å²) in [4.78, 5) is 29.0. The van der Waals surface area contributed by atoms with Gasteiger partial charge in [0.25, 0.3) is 0 Å². The third kappa shape index (κ3) is 5.00. The molecule has 0 radical (unpaired) electrons. The molecular formula is C18H15Cl2N5O3S. The van der Waals surface area contributed by atoms with E-state index in [9.17, 15) is 14.9 Å². The number of rotatable bonds is 8. The standard InChI is InChI=1S/C18H15Cl2N5O3S/c1-2-6-24(17(26)5-7-23-10-13(9-21-23)25(27)28)18-22-16(11-29-18)12-3-4-14(19)15(20)8-12/h2-4,8-11H,1,5-7H2. The summed E-state index contributed by atoms with van der Waals surface area (Å²) < 4.78 is 1.37. The average molecular weight is 452 g/mol. The number of amides is 1. The van der Waals surface area contributed by atoms with E-state index in [1.54, 1.807) is 24.3 Å². The summed E-state index contributed by atoms with van der Waals surface area (Å²) in [6.45, 7) is 4.19. The van der Waals surface area contributed by atoms with Crippen molar-refractivity contribution in [3.05, 3.63) is 68.8 Å². The molecule has 1 amide bonds. The molecule has 0 atom stereocenters. The van der Waals surface area contributed by atoms with Crippen LogP contribution in [0.5, 0.6) is 0 Å². The van der Waals surface area contributed by atoms with Gasteiger partial charge in [-0.1, -0.05) is 35.3 Å². The largest absolute Gasteiger partial charge is 0.306 e. The lowest BCUT2D eigenvalue weighted by atomic mass is 10.2. The highest BCUT2D eigenvalue weighted by Crippen LogP contribution is 2.32. The molecule has 11 heteroatoms. The number of thiazole rings is 1. The summed E-state index contributed by atoms with van der Waals surface area (Å²) >= 11 is 13.3. The molecular weight excluding hydrogens is 437 g/mol. The zero-order valence-electron chi connectivity index (χ0n) is 15.0. The van der Waals surface area contributed by atoms with Gasteiger partial charge in [-0.05, 0) is 12.1 Å². The number of benzene rings is 1. The van der Waals surface area contributed by atoms with Crippen LogP contribution < -0.4 is 4.90 Å². The van der Waals surface area contributed by atoms with Crippen molar-refractivity contribution in [1.29, 1.82) is 0 Å². The van der Waals surface area contributed by atoms with Crippen molar-refractivity contribution in [2.24, 2.45) is 0 Å². The maximum absolute atomic E-state index is 12.7. The minimum Gasteiger partial charge on any atom is -0.284 e. The molecule has 2 aromatic heterocycles. The monoisotopic (exact) mass is 451 g/mol. The molecule has 29 heavy (non-hydrogen) atoms. The van der Waals surface area contributed by atoms with Crippen LogP contribution in [-0.4, -0.2) is 32.1 Å². The summed E-state index contributed by atoms with van der Waals surface area (Å²) in [5.74, 6) is -0.196. The molecule has 150 valence electrons. The van der Waals surface area contributed by atoms with Gasteiger partial charge in [0.2, 0.25) is 5.91 Å². The highest BCUT2D eigenvalue weighted by molar-refractivity contribution is 7.14. The maximum atomic E-state index is 12.7. The predicted molar refractivity (Wildman–Crippen MR) is 114 cm³/mol.